The van der Waals surface area contributed by atoms with Gasteiger partial charge in [0, 0.05) is 36.7 Å². The summed E-state index contributed by atoms with van der Waals surface area (Å²) >= 11 is 0. The first-order chi connectivity index (χ1) is 8.54. The zero-order valence-corrected chi connectivity index (χ0v) is 10.1. The fraction of sp³-hybridized carbons (Fsp3) is 0.500. The molecule has 6 nitrogen and oxygen atoms in total. The SMILES string of the molecule is Nc1cc(NCC2(CCO)CC2)cc([N+](=O)[O-])c1. The quantitative estimate of drug-likeness (QED) is 0.406. The third-order valence-electron chi connectivity index (χ3n) is 3.42. The highest BCUT2D eigenvalue weighted by Crippen LogP contribution is 2.48. The number of nitrogen functional groups attached to an aromatic ring is 1. The molecule has 1 aromatic rings. The number of rotatable bonds is 6. The van der Waals surface area contributed by atoms with Crippen molar-refractivity contribution in [2.75, 3.05) is 24.2 Å². The molecule has 1 fully saturated rings. The van der Waals surface area contributed by atoms with Crippen LogP contribution in [-0.4, -0.2) is 23.2 Å². The van der Waals surface area contributed by atoms with Gasteiger partial charge in [0.1, 0.15) is 0 Å². The molecule has 0 atom stereocenters. The number of hydrogen-bond donors (Lipinski definition) is 3. The topological polar surface area (TPSA) is 101 Å². The highest BCUT2D eigenvalue weighted by molar-refractivity contribution is 5.61. The monoisotopic (exact) mass is 251 g/mol. The highest BCUT2D eigenvalue weighted by Gasteiger charge is 2.41. The zero-order chi connectivity index (χ0) is 13.2. The van der Waals surface area contributed by atoms with Gasteiger partial charge in [-0.05, 0) is 30.7 Å². The molecule has 0 aliphatic heterocycles. The molecule has 6 heteroatoms. The number of nitro groups is 1. The molecular weight excluding hydrogens is 234 g/mol. The summed E-state index contributed by atoms with van der Waals surface area (Å²) in [5.74, 6) is 0. The maximum absolute atomic E-state index is 10.7. The number of nitrogens with one attached hydrogen (secondary N) is 1. The van der Waals surface area contributed by atoms with Crippen LogP contribution in [0.1, 0.15) is 19.3 Å². The number of aliphatic hydroxyl groups excluding tert-OH is 1. The van der Waals surface area contributed by atoms with Crippen LogP contribution in [0.4, 0.5) is 17.1 Å². The predicted molar refractivity (Wildman–Crippen MR) is 69.4 cm³/mol. The van der Waals surface area contributed by atoms with Gasteiger partial charge in [0.2, 0.25) is 0 Å². The van der Waals surface area contributed by atoms with E-state index in [-0.39, 0.29) is 17.7 Å². The van der Waals surface area contributed by atoms with Crippen molar-refractivity contribution in [3.8, 4) is 0 Å². The average Bonchev–Trinajstić information content (AvgIpc) is 3.07. The Morgan fingerprint density at radius 3 is 2.72 bits per heavy atom. The average molecular weight is 251 g/mol. The van der Waals surface area contributed by atoms with Crippen LogP contribution in [0.3, 0.4) is 0 Å². The Morgan fingerprint density at radius 2 is 2.17 bits per heavy atom. The van der Waals surface area contributed by atoms with E-state index in [1.165, 1.54) is 12.1 Å². The van der Waals surface area contributed by atoms with Crippen LogP contribution in [0, 0.1) is 15.5 Å². The van der Waals surface area contributed by atoms with Crippen LogP contribution in [0.15, 0.2) is 18.2 Å². The fourth-order valence-electron chi connectivity index (χ4n) is 2.06. The molecule has 1 aliphatic rings. The van der Waals surface area contributed by atoms with Crippen molar-refractivity contribution in [1.82, 2.24) is 0 Å². The summed E-state index contributed by atoms with van der Waals surface area (Å²) in [6, 6.07) is 4.50. The summed E-state index contributed by atoms with van der Waals surface area (Å²) in [7, 11) is 0. The van der Waals surface area contributed by atoms with Gasteiger partial charge in [0.15, 0.2) is 0 Å². The van der Waals surface area contributed by atoms with E-state index in [9.17, 15) is 10.1 Å². The Balaban J connectivity index is 2.03. The van der Waals surface area contributed by atoms with Crippen LogP contribution >= 0.6 is 0 Å². The molecule has 0 spiro atoms. The number of benzene rings is 1. The van der Waals surface area contributed by atoms with Gasteiger partial charge in [-0.1, -0.05) is 0 Å². The van der Waals surface area contributed by atoms with Gasteiger partial charge in [-0.2, -0.15) is 0 Å². The van der Waals surface area contributed by atoms with Gasteiger partial charge < -0.3 is 16.2 Å². The van der Waals surface area contributed by atoms with Gasteiger partial charge in [-0.15, -0.1) is 0 Å². The third-order valence-corrected chi connectivity index (χ3v) is 3.42. The van der Waals surface area contributed by atoms with E-state index in [0.717, 1.165) is 19.3 Å². The van der Waals surface area contributed by atoms with Crippen LogP contribution in [0.2, 0.25) is 0 Å². The lowest BCUT2D eigenvalue weighted by molar-refractivity contribution is -0.384. The predicted octanol–water partition coefficient (Wildman–Crippen LogP) is 1.75. The molecule has 1 saturated carbocycles. The third kappa shape index (κ3) is 2.89. The Hall–Kier alpha value is -1.82. The van der Waals surface area contributed by atoms with Crippen molar-refractivity contribution in [1.29, 1.82) is 0 Å². The van der Waals surface area contributed by atoms with E-state index in [1.54, 1.807) is 6.07 Å². The molecular formula is C12H17N3O3. The number of anilines is 2. The van der Waals surface area contributed by atoms with E-state index < -0.39 is 4.92 Å². The second-order valence-corrected chi connectivity index (χ2v) is 4.90. The van der Waals surface area contributed by atoms with Gasteiger partial charge in [-0.25, -0.2) is 0 Å². The van der Waals surface area contributed by atoms with Crippen molar-refractivity contribution in [2.24, 2.45) is 5.41 Å². The lowest BCUT2D eigenvalue weighted by atomic mass is 10.0. The van der Waals surface area contributed by atoms with E-state index in [4.69, 9.17) is 10.8 Å². The Kier molecular flexibility index (Phi) is 3.38. The van der Waals surface area contributed by atoms with Crippen LogP contribution in [-0.2, 0) is 0 Å². The summed E-state index contributed by atoms with van der Waals surface area (Å²) in [6.45, 7) is 0.896. The molecule has 0 amide bonds. The molecule has 4 N–H and O–H groups in total. The molecule has 1 aromatic carbocycles. The molecule has 0 aromatic heterocycles. The first kappa shape index (κ1) is 12.6. The van der Waals surface area contributed by atoms with Crippen LogP contribution in [0.25, 0.3) is 0 Å². The van der Waals surface area contributed by atoms with E-state index >= 15 is 0 Å². The maximum Gasteiger partial charge on any atom is 0.273 e. The molecule has 1 aliphatic carbocycles. The first-order valence-electron chi connectivity index (χ1n) is 5.94. The molecule has 18 heavy (non-hydrogen) atoms. The van der Waals surface area contributed by atoms with Crippen molar-refractivity contribution in [2.45, 2.75) is 19.3 Å². The summed E-state index contributed by atoms with van der Waals surface area (Å²) in [6.07, 6.45) is 2.94. The van der Waals surface area contributed by atoms with Gasteiger partial charge in [-0.3, -0.25) is 10.1 Å². The number of nitrogens with two attached hydrogens (primary N) is 1. The number of aliphatic hydroxyl groups is 1. The molecule has 0 saturated heterocycles. The summed E-state index contributed by atoms with van der Waals surface area (Å²) in [5, 5.41) is 22.8. The molecule has 2 rings (SSSR count). The number of non-ortho nitro benzene ring substituents is 1. The van der Waals surface area contributed by atoms with Gasteiger partial charge in [0.05, 0.1) is 4.92 Å². The highest BCUT2D eigenvalue weighted by atomic mass is 16.6. The lowest BCUT2D eigenvalue weighted by Gasteiger charge is -2.15. The van der Waals surface area contributed by atoms with Crippen molar-refractivity contribution in [3.63, 3.8) is 0 Å². The summed E-state index contributed by atoms with van der Waals surface area (Å²) in [4.78, 5) is 10.3. The largest absolute Gasteiger partial charge is 0.398 e. The molecule has 0 heterocycles. The smallest absolute Gasteiger partial charge is 0.273 e. The standard InChI is InChI=1S/C12H17N3O3/c13-9-5-10(7-11(6-9)15(17)18)14-8-12(1-2-12)3-4-16/h5-7,14,16H,1-4,8,13H2. The summed E-state index contributed by atoms with van der Waals surface area (Å²) in [5.41, 5.74) is 6.81. The molecule has 0 radical (unpaired) electrons. The van der Waals surface area contributed by atoms with Gasteiger partial charge >= 0.3 is 0 Å². The maximum atomic E-state index is 10.7. The Morgan fingerprint density at radius 1 is 1.44 bits per heavy atom. The van der Waals surface area contributed by atoms with Crippen LogP contribution < -0.4 is 11.1 Å². The molecule has 0 bridgehead atoms. The normalized spacial score (nSPS) is 16.3. The zero-order valence-electron chi connectivity index (χ0n) is 10.1. The number of nitro benzene ring substituents is 1. The Bertz CT molecular complexity index is 458. The van der Waals surface area contributed by atoms with E-state index in [1.807, 2.05) is 0 Å². The number of nitrogens with zero attached hydrogens (tertiary/aromatic N) is 1. The lowest BCUT2D eigenvalue weighted by Crippen LogP contribution is -2.16. The minimum absolute atomic E-state index is 0.00972. The van der Waals surface area contributed by atoms with Crippen molar-refractivity contribution < 1.29 is 10.0 Å². The number of hydrogen-bond acceptors (Lipinski definition) is 5. The molecule has 98 valence electrons. The van der Waals surface area contributed by atoms with Gasteiger partial charge in [0.25, 0.3) is 5.69 Å². The van der Waals surface area contributed by atoms with Crippen LogP contribution in [0.5, 0.6) is 0 Å². The summed E-state index contributed by atoms with van der Waals surface area (Å²) < 4.78 is 0. The molecule has 0 unspecified atom stereocenters. The van der Waals surface area contributed by atoms with Crippen molar-refractivity contribution in [3.05, 3.63) is 28.3 Å². The van der Waals surface area contributed by atoms with E-state index in [2.05, 4.69) is 5.32 Å². The minimum atomic E-state index is -0.456. The van der Waals surface area contributed by atoms with Crippen molar-refractivity contribution >= 4 is 17.1 Å². The second-order valence-electron chi connectivity index (χ2n) is 4.90. The minimum Gasteiger partial charge on any atom is -0.398 e. The van der Waals surface area contributed by atoms with E-state index in [0.29, 0.717) is 17.9 Å². The fourth-order valence-corrected chi connectivity index (χ4v) is 2.06. The Labute approximate surface area is 105 Å². The first-order valence-corrected chi connectivity index (χ1v) is 5.94. The second kappa shape index (κ2) is 4.81.